The predicted octanol–water partition coefficient (Wildman–Crippen LogP) is 3.46. The van der Waals surface area contributed by atoms with E-state index in [0.717, 1.165) is 24.2 Å². The first-order valence-electron chi connectivity index (χ1n) is 7.41. The summed E-state index contributed by atoms with van der Waals surface area (Å²) >= 11 is 0. The zero-order valence-electron chi connectivity index (χ0n) is 13.0. The number of methoxy groups -OCH3 is 1. The van der Waals surface area contributed by atoms with Crippen LogP contribution in [0.1, 0.15) is 44.6 Å². The third-order valence-electron chi connectivity index (χ3n) is 4.24. The maximum Gasteiger partial charge on any atom is 0.303 e. The zero-order valence-corrected chi connectivity index (χ0v) is 13.0. The molecule has 4 nitrogen and oxygen atoms in total. The Labute approximate surface area is 126 Å². The number of carbonyl (C=O) groups is 1. The van der Waals surface area contributed by atoms with Crippen molar-refractivity contribution in [1.29, 1.82) is 0 Å². The minimum atomic E-state index is -0.768. The van der Waals surface area contributed by atoms with Gasteiger partial charge < -0.3 is 14.6 Å². The Hall–Kier alpha value is -1.55. The van der Waals surface area contributed by atoms with Crippen LogP contribution in [-0.4, -0.2) is 30.4 Å². The smallest absolute Gasteiger partial charge is 0.303 e. The summed E-state index contributed by atoms with van der Waals surface area (Å²) in [4.78, 5) is 11.3. The maximum atomic E-state index is 11.3. The van der Waals surface area contributed by atoms with Crippen molar-refractivity contribution in [3.63, 3.8) is 0 Å². The molecule has 0 spiro atoms. The van der Waals surface area contributed by atoms with E-state index in [0.29, 0.717) is 12.5 Å². The molecule has 0 aliphatic carbocycles. The van der Waals surface area contributed by atoms with Gasteiger partial charge in [-0.2, -0.15) is 0 Å². The van der Waals surface area contributed by atoms with Gasteiger partial charge in [0.2, 0.25) is 0 Å². The van der Waals surface area contributed by atoms with Crippen LogP contribution in [-0.2, 0) is 9.53 Å². The van der Waals surface area contributed by atoms with Crippen LogP contribution in [0.5, 0.6) is 5.75 Å². The lowest BCUT2D eigenvalue weighted by atomic mass is 9.75. The predicted molar refractivity (Wildman–Crippen MR) is 80.7 cm³/mol. The van der Waals surface area contributed by atoms with Gasteiger partial charge in [-0.1, -0.05) is 18.2 Å². The van der Waals surface area contributed by atoms with Crippen LogP contribution in [0, 0.1) is 5.92 Å². The number of carboxylic acid groups (broad SMARTS) is 1. The van der Waals surface area contributed by atoms with Crippen molar-refractivity contribution in [2.45, 2.75) is 44.6 Å². The van der Waals surface area contributed by atoms with E-state index in [-0.39, 0.29) is 17.9 Å². The van der Waals surface area contributed by atoms with Gasteiger partial charge in [0.15, 0.2) is 0 Å². The van der Waals surface area contributed by atoms with Gasteiger partial charge in [0.05, 0.1) is 19.1 Å². The summed E-state index contributed by atoms with van der Waals surface area (Å²) in [5, 5.41) is 9.30. The van der Waals surface area contributed by atoms with Gasteiger partial charge >= 0.3 is 5.97 Å². The number of aliphatic carboxylic acids is 1. The fourth-order valence-electron chi connectivity index (χ4n) is 3.31. The molecule has 1 aliphatic rings. The number of benzene rings is 1. The molecule has 1 N–H and O–H groups in total. The molecule has 4 heteroatoms. The molecule has 1 saturated heterocycles. The van der Waals surface area contributed by atoms with Crippen LogP contribution in [0.2, 0.25) is 0 Å². The Morgan fingerprint density at radius 1 is 1.48 bits per heavy atom. The zero-order chi connectivity index (χ0) is 15.5. The molecule has 0 bridgehead atoms. The van der Waals surface area contributed by atoms with Crippen LogP contribution in [0.4, 0.5) is 0 Å². The van der Waals surface area contributed by atoms with Gasteiger partial charge in [-0.05, 0) is 44.2 Å². The third kappa shape index (κ3) is 3.97. The molecule has 0 amide bonds. The van der Waals surface area contributed by atoms with Crippen molar-refractivity contribution in [3.8, 4) is 5.75 Å². The molecule has 1 fully saturated rings. The molecule has 2 rings (SSSR count). The highest BCUT2D eigenvalue weighted by Crippen LogP contribution is 2.42. The monoisotopic (exact) mass is 292 g/mol. The van der Waals surface area contributed by atoms with Crippen LogP contribution in [0.3, 0.4) is 0 Å². The minimum Gasteiger partial charge on any atom is -0.496 e. The molecule has 1 heterocycles. The number of rotatable bonds is 5. The fraction of sp³-hybridized carbons (Fsp3) is 0.588. The second-order valence-electron chi connectivity index (χ2n) is 6.31. The SMILES string of the molecule is COc1ccccc1C(CC(=O)O)C1CCOC(C)(C)C1. The molecule has 1 aliphatic heterocycles. The molecule has 0 radical (unpaired) electrons. The molecule has 2 unspecified atom stereocenters. The third-order valence-corrected chi connectivity index (χ3v) is 4.24. The molecule has 0 saturated carbocycles. The largest absolute Gasteiger partial charge is 0.496 e. The summed E-state index contributed by atoms with van der Waals surface area (Å²) in [6.07, 6.45) is 1.88. The second kappa shape index (κ2) is 6.48. The number of carboxylic acids is 1. The van der Waals surface area contributed by atoms with Crippen LogP contribution in [0.15, 0.2) is 24.3 Å². The summed E-state index contributed by atoms with van der Waals surface area (Å²) in [5.74, 6) is 0.256. The van der Waals surface area contributed by atoms with Crippen LogP contribution >= 0.6 is 0 Å². The summed E-state index contributed by atoms with van der Waals surface area (Å²) in [6.45, 7) is 4.82. The van der Waals surface area contributed by atoms with E-state index in [2.05, 4.69) is 13.8 Å². The number of hydrogen-bond donors (Lipinski definition) is 1. The van der Waals surface area contributed by atoms with Crippen molar-refractivity contribution in [1.82, 2.24) is 0 Å². The van der Waals surface area contributed by atoms with E-state index in [4.69, 9.17) is 9.47 Å². The molecule has 21 heavy (non-hydrogen) atoms. The fourth-order valence-corrected chi connectivity index (χ4v) is 3.31. The van der Waals surface area contributed by atoms with Gasteiger partial charge in [-0.25, -0.2) is 0 Å². The van der Waals surface area contributed by atoms with Gasteiger partial charge in [-0.15, -0.1) is 0 Å². The number of para-hydroxylation sites is 1. The standard InChI is InChI=1S/C17H24O4/c1-17(2)11-12(8-9-21-17)14(10-16(18)19)13-6-4-5-7-15(13)20-3/h4-7,12,14H,8-11H2,1-3H3,(H,18,19). The van der Waals surface area contributed by atoms with E-state index >= 15 is 0 Å². The quantitative estimate of drug-likeness (QED) is 0.903. The number of ether oxygens (including phenoxy) is 2. The molecule has 0 aromatic heterocycles. The summed E-state index contributed by atoms with van der Waals surface area (Å²) < 4.78 is 11.2. The van der Waals surface area contributed by atoms with Gasteiger partial charge in [-0.3, -0.25) is 4.79 Å². The van der Waals surface area contributed by atoms with Crippen molar-refractivity contribution < 1.29 is 19.4 Å². The lowest BCUT2D eigenvalue weighted by Crippen LogP contribution is -2.36. The van der Waals surface area contributed by atoms with E-state index in [1.54, 1.807) is 7.11 Å². The number of hydrogen-bond acceptors (Lipinski definition) is 3. The Bertz CT molecular complexity index is 495. The molecular weight excluding hydrogens is 268 g/mol. The molecule has 2 atom stereocenters. The van der Waals surface area contributed by atoms with E-state index < -0.39 is 5.97 Å². The van der Waals surface area contributed by atoms with Gasteiger partial charge in [0.1, 0.15) is 5.75 Å². The van der Waals surface area contributed by atoms with Crippen LogP contribution in [0.25, 0.3) is 0 Å². The molecule has 1 aromatic rings. The van der Waals surface area contributed by atoms with Crippen molar-refractivity contribution >= 4 is 5.97 Å². The Morgan fingerprint density at radius 2 is 2.19 bits per heavy atom. The topological polar surface area (TPSA) is 55.8 Å². The second-order valence-corrected chi connectivity index (χ2v) is 6.31. The summed E-state index contributed by atoms with van der Waals surface area (Å²) in [6, 6.07) is 7.73. The Balaban J connectivity index is 2.31. The molecule has 1 aromatic carbocycles. The average molecular weight is 292 g/mol. The highest BCUT2D eigenvalue weighted by Gasteiger charge is 2.36. The Morgan fingerprint density at radius 3 is 2.81 bits per heavy atom. The Kier molecular flexibility index (Phi) is 4.88. The highest BCUT2D eigenvalue weighted by molar-refractivity contribution is 5.68. The summed E-state index contributed by atoms with van der Waals surface area (Å²) in [7, 11) is 1.63. The molecular formula is C17H24O4. The summed E-state index contributed by atoms with van der Waals surface area (Å²) in [5.41, 5.74) is 0.798. The molecule has 116 valence electrons. The van der Waals surface area contributed by atoms with Crippen molar-refractivity contribution in [2.75, 3.05) is 13.7 Å². The lowest BCUT2D eigenvalue weighted by molar-refractivity contribution is -0.138. The van der Waals surface area contributed by atoms with Gasteiger partial charge in [0, 0.05) is 12.5 Å². The first-order chi connectivity index (χ1) is 9.93. The van der Waals surface area contributed by atoms with Crippen molar-refractivity contribution in [2.24, 2.45) is 5.92 Å². The maximum absolute atomic E-state index is 11.3. The van der Waals surface area contributed by atoms with E-state index in [1.807, 2.05) is 24.3 Å². The first kappa shape index (κ1) is 15.8. The first-order valence-corrected chi connectivity index (χ1v) is 7.41. The van der Waals surface area contributed by atoms with E-state index in [9.17, 15) is 9.90 Å². The van der Waals surface area contributed by atoms with Crippen LogP contribution < -0.4 is 4.74 Å². The minimum absolute atomic E-state index is 0.0400. The van der Waals surface area contributed by atoms with E-state index in [1.165, 1.54) is 0 Å². The normalized spacial score (nSPS) is 22.5. The van der Waals surface area contributed by atoms with Gasteiger partial charge in [0.25, 0.3) is 0 Å². The van der Waals surface area contributed by atoms with Crippen molar-refractivity contribution in [3.05, 3.63) is 29.8 Å². The lowest BCUT2D eigenvalue weighted by Gasteiger charge is -2.39. The highest BCUT2D eigenvalue weighted by atomic mass is 16.5. The average Bonchev–Trinajstić information content (AvgIpc) is 2.43.